The molecule has 1 aromatic carbocycles. The van der Waals surface area contributed by atoms with Gasteiger partial charge in [-0.15, -0.1) is 0 Å². The Morgan fingerprint density at radius 2 is 2.22 bits per heavy atom. The number of benzene rings is 1. The van der Waals surface area contributed by atoms with Gasteiger partial charge in [-0.1, -0.05) is 17.7 Å². The molecule has 0 amide bonds. The van der Waals surface area contributed by atoms with E-state index in [0.717, 1.165) is 11.3 Å². The zero-order valence-electron chi connectivity index (χ0n) is 9.98. The minimum Gasteiger partial charge on any atom is -0.465 e. The van der Waals surface area contributed by atoms with Crippen LogP contribution in [0, 0.1) is 6.92 Å². The van der Waals surface area contributed by atoms with Crippen LogP contribution in [0.3, 0.4) is 0 Å². The van der Waals surface area contributed by atoms with Gasteiger partial charge in [0, 0.05) is 5.02 Å². The summed E-state index contributed by atoms with van der Waals surface area (Å²) in [7, 11) is 1.30. The molecule has 1 aromatic heterocycles. The van der Waals surface area contributed by atoms with Gasteiger partial charge in [0.2, 0.25) is 0 Å². The number of nitrogens with zero attached hydrogens (tertiary/aromatic N) is 2. The van der Waals surface area contributed by atoms with Crippen LogP contribution in [0.25, 0.3) is 5.69 Å². The van der Waals surface area contributed by atoms with Gasteiger partial charge in [0.1, 0.15) is 11.4 Å². The summed E-state index contributed by atoms with van der Waals surface area (Å²) >= 11 is 6.04. The molecule has 0 aliphatic heterocycles. The Hall–Kier alpha value is -2.01. The van der Waals surface area contributed by atoms with E-state index in [2.05, 4.69) is 9.84 Å². The maximum atomic E-state index is 11.4. The largest absolute Gasteiger partial charge is 0.465 e. The van der Waals surface area contributed by atoms with Crippen LogP contribution in [0.5, 0.6) is 0 Å². The van der Waals surface area contributed by atoms with Gasteiger partial charge in [-0.3, -0.25) is 0 Å². The molecule has 0 aliphatic carbocycles. The summed E-state index contributed by atoms with van der Waals surface area (Å²) in [5.74, 6) is -0.286. The van der Waals surface area contributed by atoms with Crippen LogP contribution in [0.15, 0.2) is 24.4 Å². The third kappa shape index (κ3) is 1.93. The predicted octanol–water partition coefficient (Wildman–Crippen LogP) is 2.20. The molecule has 0 saturated carbocycles. The lowest BCUT2D eigenvalue weighted by Crippen LogP contribution is -2.08. The molecule has 0 radical (unpaired) electrons. The molecule has 0 spiro atoms. The van der Waals surface area contributed by atoms with Gasteiger partial charge in [-0.25, -0.2) is 9.48 Å². The van der Waals surface area contributed by atoms with Crippen LogP contribution in [-0.2, 0) is 4.74 Å². The molecule has 0 unspecified atom stereocenters. The van der Waals surface area contributed by atoms with Crippen molar-refractivity contribution in [2.75, 3.05) is 12.8 Å². The fourth-order valence-corrected chi connectivity index (χ4v) is 1.81. The van der Waals surface area contributed by atoms with Crippen LogP contribution in [-0.4, -0.2) is 22.9 Å². The first-order valence-electron chi connectivity index (χ1n) is 5.23. The van der Waals surface area contributed by atoms with Crippen molar-refractivity contribution in [1.82, 2.24) is 9.78 Å². The van der Waals surface area contributed by atoms with Crippen molar-refractivity contribution in [2.45, 2.75) is 6.92 Å². The number of aromatic nitrogens is 2. The number of hydrogen-bond acceptors (Lipinski definition) is 4. The maximum Gasteiger partial charge on any atom is 0.343 e. The van der Waals surface area contributed by atoms with Gasteiger partial charge in [-0.05, 0) is 24.6 Å². The molecule has 0 aliphatic rings. The second kappa shape index (κ2) is 4.70. The monoisotopic (exact) mass is 265 g/mol. The van der Waals surface area contributed by atoms with Crippen LogP contribution in [0.2, 0.25) is 5.02 Å². The van der Waals surface area contributed by atoms with Crippen molar-refractivity contribution >= 4 is 23.4 Å². The number of nitrogen functional groups attached to an aromatic ring is 1. The lowest BCUT2D eigenvalue weighted by atomic mass is 10.2. The Kier molecular flexibility index (Phi) is 3.25. The molecule has 5 nitrogen and oxygen atoms in total. The third-order valence-corrected chi connectivity index (χ3v) is 3.09. The van der Waals surface area contributed by atoms with E-state index in [1.54, 1.807) is 12.1 Å². The second-order valence-corrected chi connectivity index (χ2v) is 4.14. The number of esters is 1. The summed E-state index contributed by atoms with van der Waals surface area (Å²) in [4.78, 5) is 11.4. The quantitative estimate of drug-likeness (QED) is 0.845. The fourth-order valence-electron chi connectivity index (χ4n) is 1.64. The number of nitrogens with two attached hydrogens (primary N) is 1. The van der Waals surface area contributed by atoms with E-state index in [4.69, 9.17) is 17.3 Å². The average Bonchev–Trinajstić information content (AvgIpc) is 2.74. The van der Waals surface area contributed by atoms with Crippen molar-refractivity contribution in [3.63, 3.8) is 0 Å². The first kappa shape index (κ1) is 12.4. The van der Waals surface area contributed by atoms with E-state index < -0.39 is 5.97 Å². The van der Waals surface area contributed by atoms with Gasteiger partial charge >= 0.3 is 5.97 Å². The van der Waals surface area contributed by atoms with Crippen LogP contribution < -0.4 is 5.73 Å². The predicted molar refractivity (Wildman–Crippen MR) is 69.1 cm³/mol. The number of halogens is 1. The van der Waals surface area contributed by atoms with Crippen molar-refractivity contribution in [3.05, 3.63) is 40.5 Å². The van der Waals surface area contributed by atoms with Crippen LogP contribution >= 0.6 is 11.6 Å². The molecule has 2 rings (SSSR count). The van der Waals surface area contributed by atoms with E-state index in [1.165, 1.54) is 18.0 Å². The summed E-state index contributed by atoms with van der Waals surface area (Å²) in [5.41, 5.74) is 7.69. The zero-order valence-corrected chi connectivity index (χ0v) is 10.7. The van der Waals surface area contributed by atoms with E-state index >= 15 is 0 Å². The van der Waals surface area contributed by atoms with Gasteiger partial charge < -0.3 is 10.5 Å². The fraction of sp³-hybridized carbons (Fsp3) is 0.167. The lowest BCUT2D eigenvalue weighted by Gasteiger charge is -2.09. The summed E-state index contributed by atoms with van der Waals surface area (Å²) in [5, 5.41) is 4.70. The van der Waals surface area contributed by atoms with Crippen molar-refractivity contribution in [1.29, 1.82) is 0 Å². The van der Waals surface area contributed by atoms with Crippen molar-refractivity contribution in [2.24, 2.45) is 0 Å². The van der Waals surface area contributed by atoms with E-state index in [1.807, 2.05) is 13.0 Å². The molecule has 1 heterocycles. The maximum absolute atomic E-state index is 11.4. The lowest BCUT2D eigenvalue weighted by molar-refractivity contribution is 0.0602. The smallest absolute Gasteiger partial charge is 0.343 e. The molecule has 0 fully saturated rings. The van der Waals surface area contributed by atoms with Crippen molar-refractivity contribution in [3.8, 4) is 5.69 Å². The summed E-state index contributed by atoms with van der Waals surface area (Å²) < 4.78 is 6.09. The molecule has 0 bridgehead atoms. The minimum atomic E-state index is -0.515. The standard InChI is InChI=1S/C12H12ClN3O2/c1-7-9(13)4-3-5-10(7)16-11(14)8(6-15-16)12(17)18-2/h3-6H,14H2,1-2H3. The Bertz CT molecular complexity index is 607. The van der Waals surface area contributed by atoms with E-state index in [-0.39, 0.29) is 11.4 Å². The molecule has 94 valence electrons. The Morgan fingerprint density at radius 1 is 1.50 bits per heavy atom. The number of methoxy groups -OCH3 is 1. The SMILES string of the molecule is COC(=O)c1cnn(-c2cccc(Cl)c2C)c1N. The number of ether oxygens (including phenoxy) is 1. The minimum absolute atomic E-state index is 0.229. The Balaban J connectivity index is 2.56. The number of hydrogen-bond donors (Lipinski definition) is 1. The highest BCUT2D eigenvalue weighted by molar-refractivity contribution is 6.31. The summed E-state index contributed by atoms with van der Waals surface area (Å²) in [6.07, 6.45) is 1.38. The molecule has 2 N–H and O–H groups in total. The number of anilines is 1. The summed E-state index contributed by atoms with van der Waals surface area (Å²) in [6.45, 7) is 1.86. The first-order chi connectivity index (χ1) is 8.56. The molecule has 6 heteroatoms. The zero-order chi connectivity index (χ0) is 13.3. The van der Waals surface area contributed by atoms with E-state index in [0.29, 0.717) is 5.02 Å². The Morgan fingerprint density at radius 3 is 2.89 bits per heavy atom. The van der Waals surface area contributed by atoms with Gasteiger partial charge in [0.15, 0.2) is 0 Å². The third-order valence-electron chi connectivity index (χ3n) is 2.68. The highest BCUT2D eigenvalue weighted by Gasteiger charge is 2.17. The van der Waals surface area contributed by atoms with Gasteiger partial charge in [0.25, 0.3) is 0 Å². The van der Waals surface area contributed by atoms with Crippen LogP contribution in [0.4, 0.5) is 5.82 Å². The van der Waals surface area contributed by atoms with Gasteiger partial charge in [-0.2, -0.15) is 5.10 Å². The first-order valence-corrected chi connectivity index (χ1v) is 5.61. The molecular weight excluding hydrogens is 254 g/mol. The highest BCUT2D eigenvalue weighted by atomic mass is 35.5. The molecule has 0 saturated heterocycles. The number of rotatable bonds is 2. The molecule has 18 heavy (non-hydrogen) atoms. The Labute approximate surface area is 109 Å². The molecule has 2 aromatic rings. The summed E-state index contributed by atoms with van der Waals surface area (Å²) in [6, 6.07) is 5.40. The number of carbonyl (C=O) groups excluding carboxylic acids is 1. The normalized spacial score (nSPS) is 10.4. The van der Waals surface area contributed by atoms with Gasteiger partial charge in [0.05, 0.1) is 19.0 Å². The van der Waals surface area contributed by atoms with E-state index in [9.17, 15) is 4.79 Å². The van der Waals surface area contributed by atoms with Crippen LogP contribution in [0.1, 0.15) is 15.9 Å². The average molecular weight is 266 g/mol. The van der Waals surface area contributed by atoms with Crippen molar-refractivity contribution < 1.29 is 9.53 Å². The molecular formula is C12H12ClN3O2. The second-order valence-electron chi connectivity index (χ2n) is 3.73. The molecule has 0 atom stereocenters. The highest BCUT2D eigenvalue weighted by Crippen LogP contribution is 2.25. The number of carbonyl (C=O) groups is 1. The topological polar surface area (TPSA) is 70.1 Å².